The number of rotatable bonds is 5. The van der Waals surface area contributed by atoms with Gasteiger partial charge in [0.15, 0.2) is 11.3 Å². The molecule has 5 nitrogen and oxygen atoms in total. The molecule has 164 valence electrons. The smallest absolute Gasteiger partial charge is 0.265 e. The van der Waals surface area contributed by atoms with Crippen molar-refractivity contribution in [2.45, 2.75) is 32.8 Å². The van der Waals surface area contributed by atoms with Crippen LogP contribution in [0, 0.1) is 11.6 Å². The Morgan fingerprint density at radius 1 is 1.12 bits per heavy atom. The van der Waals surface area contributed by atoms with Crippen LogP contribution >= 0.6 is 11.3 Å². The molecule has 1 aliphatic heterocycles. The van der Waals surface area contributed by atoms with Gasteiger partial charge in [-0.3, -0.25) is 9.59 Å². The van der Waals surface area contributed by atoms with Crippen molar-refractivity contribution in [2.75, 3.05) is 5.32 Å². The van der Waals surface area contributed by atoms with Gasteiger partial charge in [-0.1, -0.05) is 30.3 Å². The standard InChI is InChI=1S/C24H20F2N2O3S/c1-4-13-8-9-14(20-22(29)24(2,3)31-28-20)12-15(13)18-10-11-19(32-18)23(30)27-21-16(25)6-5-7-17(21)26/h5-12H,4H2,1-3H3,(H,27,30). The number of ketones is 1. The molecule has 0 fully saturated rings. The van der Waals surface area contributed by atoms with Crippen molar-refractivity contribution >= 4 is 34.4 Å². The third-order valence-electron chi connectivity index (χ3n) is 5.19. The van der Waals surface area contributed by atoms with E-state index in [-0.39, 0.29) is 11.5 Å². The van der Waals surface area contributed by atoms with Gasteiger partial charge < -0.3 is 10.2 Å². The molecule has 1 aromatic heterocycles. The minimum Gasteiger partial charge on any atom is -0.381 e. The molecule has 8 heteroatoms. The number of para-hydroxylation sites is 1. The fraction of sp³-hybridized carbons (Fsp3) is 0.208. The summed E-state index contributed by atoms with van der Waals surface area (Å²) in [7, 11) is 0. The lowest BCUT2D eigenvalue weighted by molar-refractivity contribution is -0.128. The molecule has 4 rings (SSSR count). The molecule has 0 radical (unpaired) electrons. The second-order valence-electron chi connectivity index (χ2n) is 7.81. The van der Waals surface area contributed by atoms with Crippen LogP contribution in [0.2, 0.25) is 0 Å². The number of halogens is 2. The molecule has 1 N–H and O–H groups in total. The molecule has 2 aromatic carbocycles. The molecule has 0 unspecified atom stereocenters. The van der Waals surface area contributed by atoms with Crippen molar-refractivity contribution in [3.8, 4) is 10.4 Å². The Labute approximate surface area is 187 Å². The zero-order valence-corrected chi connectivity index (χ0v) is 18.5. The lowest BCUT2D eigenvalue weighted by Crippen LogP contribution is -2.33. The fourth-order valence-corrected chi connectivity index (χ4v) is 4.32. The summed E-state index contributed by atoms with van der Waals surface area (Å²) in [6, 6.07) is 12.4. The Kier molecular flexibility index (Phi) is 5.64. The highest BCUT2D eigenvalue weighted by molar-refractivity contribution is 7.17. The highest BCUT2D eigenvalue weighted by Crippen LogP contribution is 2.34. The van der Waals surface area contributed by atoms with Gasteiger partial charge in [0.1, 0.15) is 17.3 Å². The first-order valence-corrected chi connectivity index (χ1v) is 10.8. The van der Waals surface area contributed by atoms with Gasteiger partial charge in [0.05, 0.1) is 4.88 Å². The summed E-state index contributed by atoms with van der Waals surface area (Å²) in [5.74, 6) is -2.50. The zero-order valence-electron chi connectivity index (χ0n) is 17.7. The van der Waals surface area contributed by atoms with Gasteiger partial charge in [-0.05, 0) is 61.7 Å². The van der Waals surface area contributed by atoms with Crippen LogP contribution in [0.3, 0.4) is 0 Å². The first-order valence-electron chi connectivity index (χ1n) is 10.0. The van der Waals surface area contributed by atoms with E-state index < -0.39 is 28.8 Å². The number of carbonyl (C=O) groups is 2. The van der Waals surface area contributed by atoms with E-state index in [2.05, 4.69) is 10.5 Å². The number of amides is 1. The number of anilines is 1. The summed E-state index contributed by atoms with van der Waals surface area (Å²) in [5.41, 5.74) is 1.27. The number of aryl methyl sites for hydroxylation is 1. The number of nitrogens with zero attached hydrogens (tertiary/aromatic N) is 1. The van der Waals surface area contributed by atoms with E-state index in [0.29, 0.717) is 10.4 Å². The second-order valence-corrected chi connectivity index (χ2v) is 8.89. The van der Waals surface area contributed by atoms with Crippen LogP contribution < -0.4 is 5.32 Å². The van der Waals surface area contributed by atoms with Gasteiger partial charge in [-0.25, -0.2) is 8.78 Å². The van der Waals surface area contributed by atoms with Gasteiger partial charge in [0.2, 0.25) is 5.78 Å². The highest BCUT2D eigenvalue weighted by Gasteiger charge is 2.40. The third kappa shape index (κ3) is 3.93. The first kappa shape index (κ1) is 21.8. The summed E-state index contributed by atoms with van der Waals surface area (Å²) in [6.07, 6.45) is 0.734. The summed E-state index contributed by atoms with van der Waals surface area (Å²) < 4.78 is 27.7. The molecule has 0 bridgehead atoms. The first-order chi connectivity index (χ1) is 15.2. The number of carbonyl (C=O) groups excluding carboxylic acids is 2. The van der Waals surface area contributed by atoms with Crippen LogP contribution in [-0.4, -0.2) is 23.0 Å². The van der Waals surface area contributed by atoms with Crippen LogP contribution in [0.4, 0.5) is 14.5 Å². The van der Waals surface area contributed by atoms with Crippen molar-refractivity contribution in [1.82, 2.24) is 0 Å². The fourth-order valence-electron chi connectivity index (χ4n) is 3.37. The van der Waals surface area contributed by atoms with Crippen LogP contribution in [0.15, 0.2) is 53.7 Å². The van der Waals surface area contributed by atoms with Gasteiger partial charge >= 0.3 is 0 Å². The molecule has 32 heavy (non-hydrogen) atoms. The second kappa shape index (κ2) is 8.27. The Morgan fingerprint density at radius 2 is 1.84 bits per heavy atom. The molecule has 1 aliphatic rings. The minimum atomic E-state index is -1.00. The number of oxime groups is 1. The van der Waals surface area contributed by atoms with Crippen LogP contribution in [0.25, 0.3) is 10.4 Å². The SMILES string of the molecule is CCc1ccc(C2=NOC(C)(C)C2=O)cc1-c1ccc(C(=O)Nc2c(F)cccc2F)s1. The lowest BCUT2D eigenvalue weighted by Gasteiger charge is -2.12. The molecule has 0 atom stereocenters. The van der Waals surface area contributed by atoms with E-state index in [0.717, 1.165) is 34.6 Å². The normalized spacial score (nSPS) is 14.8. The summed E-state index contributed by atoms with van der Waals surface area (Å²) in [6.45, 7) is 5.33. The Bertz CT molecular complexity index is 1240. The van der Waals surface area contributed by atoms with Crippen molar-refractivity contribution in [3.63, 3.8) is 0 Å². The lowest BCUT2D eigenvalue weighted by atomic mass is 9.93. The van der Waals surface area contributed by atoms with Gasteiger partial charge in [-0.15, -0.1) is 11.3 Å². The van der Waals surface area contributed by atoms with Gasteiger partial charge in [-0.2, -0.15) is 0 Å². The zero-order chi connectivity index (χ0) is 23.0. The maximum atomic E-state index is 13.9. The van der Waals surface area contributed by atoms with Gasteiger partial charge in [0, 0.05) is 10.4 Å². The van der Waals surface area contributed by atoms with Gasteiger partial charge in [0.25, 0.3) is 5.91 Å². The predicted molar refractivity (Wildman–Crippen MR) is 120 cm³/mol. The average molecular weight is 454 g/mol. The van der Waals surface area contributed by atoms with Crippen LogP contribution in [-0.2, 0) is 16.1 Å². The van der Waals surface area contributed by atoms with Crippen molar-refractivity contribution < 1.29 is 23.2 Å². The molecule has 3 aromatic rings. The Hall–Kier alpha value is -3.39. The van der Waals surface area contributed by atoms with Crippen molar-refractivity contribution in [2.24, 2.45) is 5.16 Å². The number of Topliss-reactive ketones (excluding diaryl/α,β-unsaturated/α-hetero) is 1. The molecule has 1 amide bonds. The number of hydrogen-bond acceptors (Lipinski definition) is 5. The quantitative estimate of drug-likeness (QED) is 0.547. The Balaban J connectivity index is 1.65. The van der Waals surface area contributed by atoms with E-state index in [9.17, 15) is 18.4 Å². The molecular weight excluding hydrogens is 434 g/mol. The minimum absolute atomic E-state index is 0.203. The molecule has 0 spiro atoms. The van der Waals surface area contributed by atoms with Crippen LogP contribution in [0.5, 0.6) is 0 Å². The largest absolute Gasteiger partial charge is 0.381 e. The number of thiophene rings is 1. The van der Waals surface area contributed by atoms with E-state index in [4.69, 9.17) is 4.84 Å². The number of benzene rings is 2. The molecule has 0 aliphatic carbocycles. The monoisotopic (exact) mass is 454 g/mol. The van der Waals surface area contributed by atoms with E-state index in [1.165, 1.54) is 17.4 Å². The number of hydrogen-bond donors (Lipinski definition) is 1. The number of nitrogens with one attached hydrogen (secondary N) is 1. The molecule has 2 heterocycles. The molecule has 0 saturated carbocycles. The molecular formula is C24H20F2N2O3S. The van der Waals surface area contributed by atoms with Crippen molar-refractivity contribution in [1.29, 1.82) is 0 Å². The maximum absolute atomic E-state index is 13.9. The summed E-state index contributed by atoms with van der Waals surface area (Å²) in [5, 5.41) is 6.26. The van der Waals surface area contributed by atoms with E-state index >= 15 is 0 Å². The summed E-state index contributed by atoms with van der Waals surface area (Å²) >= 11 is 1.19. The maximum Gasteiger partial charge on any atom is 0.265 e. The Morgan fingerprint density at radius 3 is 2.47 bits per heavy atom. The summed E-state index contributed by atoms with van der Waals surface area (Å²) in [4.78, 5) is 31.5. The highest BCUT2D eigenvalue weighted by atomic mass is 32.1. The van der Waals surface area contributed by atoms with E-state index in [1.807, 2.05) is 25.1 Å². The van der Waals surface area contributed by atoms with E-state index in [1.54, 1.807) is 26.0 Å². The molecule has 0 saturated heterocycles. The average Bonchev–Trinajstić information content (AvgIpc) is 3.36. The third-order valence-corrected chi connectivity index (χ3v) is 6.31. The van der Waals surface area contributed by atoms with Crippen LogP contribution in [0.1, 0.15) is 41.6 Å². The van der Waals surface area contributed by atoms with Crippen molar-refractivity contribution in [3.05, 3.63) is 76.2 Å². The predicted octanol–water partition coefficient (Wildman–Crippen LogP) is 5.59. The topological polar surface area (TPSA) is 67.8 Å².